The first kappa shape index (κ1) is 14.8. The molecule has 0 unspecified atom stereocenters. The quantitative estimate of drug-likeness (QED) is 0.505. The first-order chi connectivity index (χ1) is 10.2. The maximum Gasteiger partial charge on any atom is 0.104 e. The van der Waals surface area contributed by atoms with E-state index in [2.05, 4.69) is 76.8 Å². The molecule has 106 valence electrons. The van der Waals surface area contributed by atoms with Crippen LogP contribution < -0.4 is 0 Å². The van der Waals surface area contributed by atoms with Gasteiger partial charge >= 0.3 is 0 Å². The molecule has 0 amide bonds. The van der Waals surface area contributed by atoms with Crippen molar-refractivity contribution in [2.45, 2.75) is 17.6 Å². The van der Waals surface area contributed by atoms with Gasteiger partial charge in [-0.25, -0.2) is 4.98 Å². The van der Waals surface area contributed by atoms with E-state index in [1.54, 1.807) is 11.3 Å². The van der Waals surface area contributed by atoms with Gasteiger partial charge in [-0.3, -0.25) is 0 Å². The summed E-state index contributed by atoms with van der Waals surface area (Å²) in [6.07, 6.45) is 0. The van der Waals surface area contributed by atoms with Crippen molar-refractivity contribution in [3.8, 4) is 11.3 Å². The summed E-state index contributed by atoms with van der Waals surface area (Å²) in [4.78, 5) is 6.07. The maximum atomic E-state index is 4.74. The van der Waals surface area contributed by atoms with Gasteiger partial charge in [-0.05, 0) is 30.7 Å². The molecule has 0 saturated carbocycles. The highest BCUT2D eigenvalue weighted by molar-refractivity contribution is 9.10. The van der Waals surface area contributed by atoms with Gasteiger partial charge in [0.05, 0.1) is 11.4 Å². The lowest BCUT2D eigenvalue weighted by atomic mass is 10.2. The molecule has 0 saturated heterocycles. The summed E-state index contributed by atoms with van der Waals surface area (Å²) in [6, 6.07) is 16.8. The minimum Gasteiger partial charge on any atom is -0.240 e. The van der Waals surface area contributed by atoms with Crippen LogP contribution in [0, 0.1) is 6.92 Å². The highest BCUT2D eigenvalue weighted by Gasteiger charge is 2.06. The molecule has 0 bridgehead atoms. The molecule has 1 heterocycles. The number of thioether (sulfide) groups is 1. The summed E-state index contributed by atoms with van der Waals surface area (Å²) in [5, 5.41) is 3.30. The van der Waals surface area contributed by atoms with Crippen molar-refractivity contribution in [3.63, 3.8) is 0 Å². The SMILES string of the molecule is Cc1ccccc1SCc1nc(-c2ccc(Br)cc2)cs1. The third kappa shape index (κ3) is 3.76. The molecule has 0 radical (unpaired) electrons. The monoisotopic (exact) mass is 375 g/mol. The highest BCUT2D eigenvalue weighted by atomic mass is 79.9. The molecule has 0 aliphatic heterocycles. The first-order valence-corrected chi connectivity index (χ1v) is 9.27. The number of aromatic nitrogens is 1. The molecule has 1 nitrogen and oxygen atoms in total. The van der Waals surface area contributed by atoms with E-state index >= 15 is 0 Å². The predicted octanol–water partition coefficient (Wildman–Crippen LogP) is 6.17. The van der Waals surface area contributed by atoms with Crippen LogP contribution in [0.15, 0.2) is 63.3 Å². The van der Waals surface area contributed by atoms with Crippen molar-refractivity contribution < 1.29 is 0 Å². The zero-order valence-electron chi connectivity index (χ0n) is 11.5. The molecule has 4 heteroatoms. The number of hydrogen-bond donors (Lipinski definition) is 0. The van der Waals surface area contributed by atoms with E-state index < -0.39 is 0 Å². The van der Waals surface area contributed by atoms with Gasteiger partial charge in [-0.2, -0.15) is 0 Å². The molecule has 0 aliphatic rings. The molecule has 3 rings (SSSR count). The van der Waals surface area contributed by atoms with Crippen LogP contribution in [-0.2, 0) is 5.75 Å². The van der Waals surface area contributed by atoms with Crippen molar-refractivity contribution >= 4 is 39.0 Å². The average molecular weight is 376 g/mol. The van der Waals surface area contributed by atoms with E-state index in [0.29, 0.717) is 0 Å². The van der Waals surface area contributed by atoms with Gasteiger partial charge in [0, 0.05) is 20.3 Å². The fourth-order valence-corrected chi connectivity index (χ4v) is 4.10. The topological polar surface area (TPSA) is 12.9 Å². The van der Waals surface area contributed by atoms with Gasteiger partial charge in [0.1, 0.15) is 5.01 Å². The lowest BCUT2D eigenvalue weighted by Gasteiger charge is -2.02. The number of halogens is 1. The Morgan fingerprint density at radius 2 is 1.86 bits per heavy atom. The normalized spacial score (nSPS) is 10.8. The van der Waals surface area contributed by atoms with Gasteiger partial charge in [0.15, 0.2) is 0 Å². The molecular weight excluding hydrogens is 362 g/mol. The number of nitrogens with zero attached hydrogens (tertiary/aromatic N) is 1. The molecule has 21 heavy (non-hydrogen) atoms. The van der Waals surface area contributed by atoms with E-state index in [9.17, 15) is 0 Å². The van der Waals surface area contributed by atoms with Crippen LogP contribution in [0.1, 0.15) is 10.6 Å². The van der Waals surface area contributed by atoms with Gasteiger partial charge in [0.25, 0.3) is 0 Å². The second-order valence-electron chi connectivity index (χ2n) is 4.69. The van der Waals surface area contributed by atoms with E-state index in [0.717, 1.165) is 15.9 Å². The molecule has 1 aromatic heterocycles. The Morgan fingerprint density at radius 1 is 1.10 bits per heavy atom. The Bertz CT molecular complexity index is 735. The van der Waals surface area contributed by atoms with E-state index in [1.807, 2.05) is 11.8 Å². The van der Waals surface area contributed by atoms with E-state index in [-0.39, 0.29) is 0 Å². The lowest BCUT2D eigenvalue weighted by Crippen LogP contribution is -1.83. The second kappa shape index (κ2) is 6.77. The van der Waals surface area contributed by atoms with E-state index in [4.69, 9.17) is 4.98 Å². The summed E-state index contributed by atoms with van der Waals surface area (Å²) in [6.45, 7) is 2.15. The lowest BCUT2D eigenvalue weighted by molar-refractivity contribution is 1.25. The summed E-state index contributed by atoms with van der Waals surface area (Å²) >= 11 is 7.04. The van der Waals surface area contributed by atoms with Crippen molar-refractivity contribution in [1.29, 1.82) is 0 Å². The van der Waals surface area contributed by atoms with Gasteiger partial charge in [0.2, 0.25) is 0 Å². The fraction of sp³-hybridized carbons (Fsp3) is 0.118. The Labute approximate surface area is 141 Å². The van der Waals surface area contributed by atoms with Crippen LogP contribution in [0.4, 0.5) is 0 Å². The highest BCUT2D eigenvalue weighted by Crippen LogP contribution is 2.29. The first-order valence-electron chi connectivity index (χ1n) is 6.61. The third-order valence-corrected chi connectivity index (χ3v) is 5.88. The van der Waals surface area contributed by atoms with Crippen LogP contribution in [0.25, 0.3) is 11.3 Å². The Hall–Kier alpha value is -1.10. The number of rotatable bonds is 4. The molecule has 0 aliphatic carbocycles. The van der Waals surface area contributed by atoms with E-state index in [1.165, 1.54) is 21.0 Å². The Morgan fingerprint density at radius 3 is 2.62 bits per heavy atom. The summed E-state index contributed by atoms with van der Waals surface area (Å²) in [7, 11) is 0. The number of thiazole rings is 1. The molecule has 0 atom stereocenters. The number of hydrogen-bond acceptors (Lipinski definition) is 3. The van der Waals surface area contributed by atoms with Crippen LogP contribution in [0.3, 0.4) is 0 Å². The van der Waals surface area contributed by atoms with Crippen LogP contribution in [0.2, 0.25) is 0 Å². The standard InChI is InChI=1S/C17H14BrNS2/c1-12-4-2-3-5-16(12)20-11-17-19-15(10-21-17)13-6-8-14(18)9-7-13/h2-10H,11H2,1H3. The summed E-state index contributed by atoms with van der Waals surface area (Å²) in [5.41, 5.74) is 3.56. The zero-order valence-corrected chi connectivity index (χ0v) is 14.8. The number of aryl methyl sites for hydroxylation is 1. The molecule has 0 spiro atoms. The molecule has 0 N–H and O–H groups in total. The third-order valence-electron chi connectivity index (χ3n) is 3.14. The van der Waals surface area contributed by atoms with Crippen LogP contribution in [-0.4, -0.2) is 4.98 Å². The van der Waals surface area contributed by atoms with Gasteiger partial charge in [-0.15, -0.1) is 23.1 Å². The summed E-state index contributed by atoms with van der Waals surface area (Å²) < 4.78 is 1.09. The zero-order chi connectivity index (χ0) is 14.7. The average Bonchev–Trinajstić information content (AvgIpc) is 2.96. The van der Waals surface area contributed by atoms with Crippen LogP contribution in [0.5, 0.6) is 0 Å². The van der Waals surface area contributed by atoms with Crippen LogP contribution >= 0.6 is 39.0 Å². The molecular formula is C17H14BrNS2. The predicted molar refractivity (Wildman–Crippen MR) is 96.0 cm³/mol. The minimum absolute atomic E-state index is 0.923. The van der Waals surface area contributed by atoms with Crippen molar-refractivity contribution in [2.24, 2.45) is 0 Å². The fourth-order valence-electron chi connectivity index (χ4n) is 1.99. The largest absolute Gasteiger partial charge is 0.240 e. The number of benzene rings is 2. The maximum absolute atomic E-state index is 4.74. The molecule has 2 aromatic carbocycles. The van der Waals surface area contributed by atoms with Gasteiger partial charge < -0.3 is 0 Å². The second-order valence-corrected chi connectivity index (χ2v) is 7.56. The smallest absolute Gasteiger partial charge is 0.104 e. The summed E-state index contributed by atoms with van der Waals surface area (Å²) in [5.74, 6) is 0.923. The molecule has 0 fully saturated rings. The van der Waals surface area contributed by atoms with Crippen molar-refractivity contribution in [1.82, 2.24) is 4.98 Å². The van der Waals surface area contributed by atoms with Crippen molar-refractivity contribution in [2.75, 3.05) is 0 Å². The molecule has 3 aromatic rings. The van der Waals surface area contributed by atoms with Crippen molar-refractivity contribution in [3.05, 3.63) is 69.0 Å². The minimum atomic E-state index is 0.923. The Balaban J connectivity index is 1.71. The Kier molecular flexibility index (Phi) is 4.78. The van der Waals surface area contributed by atoms with Gasteiger partial charge in [-0.1, -0.05) is 46.3 Å².